The van der Waals surface area contributed by atoms with Crippen molar-refractivity contribution in [2.75, 3.05) is 0 Å². The van der Waals surface area contributed by atoms with Crippen molar-refractivity contribution in [3.05, 3.63) is 0 Å². The SMILES string of the molecule is CC12CC1CCCC2=O. The molecule has 0 amide bonds. The topological polar surface area (TPSA) is 17.1 Å². The maximum Gasteiger partial charge on any atom is 0.139 e. The second kappa shape index (κ2) is 1.39. The molecule has 0 aromatic heterocycles. The second-order valence-electron chi connectivity index (χ2n) is 3.63. The van der Waals surface area contributed by atoms with Crippen LogP contribution in [0, 0.1) is 11.3 Å². The first-order valence-corrected chi connectivity index (χ1v) is 3.77. The Morgan fingerprint density at radius 3 is 3.00 bits per heavy atom. The van der Waals surface area contributed by atoms with Crippen LogP contribution in [-0.4, -0.2) is 5.78 Å². The minimum absolute atomic E-state index is 0.165. The van der Waals surface area contributed by atoms with Crippen LogP contribution in [0.1, 0.15) is 32.6 Å². The summed E-state index contributed by atoms with van der Waals surface area (Å²) in [5.74, 6) is 1.30. The molecular formula is C8H12O. The Labute approximate surface area is 55.4 Å². The predicted octanol–water partition coefficient (Wildman–Crippen LogP) is 1.77. The van der Waals surface area contributed by atoms with Gasteiger partial charge in [0.1, 0.15) is 5.78 Å². The molecule has 0 N–H and O–H groups in total. The molecule has 2 fully saturated rings. The second-order valence-corrected chi connectivity index (χ2v) is 3.63. The summed E-state index contributed by atoms with van der Waals surface area (Å²) in [5.41, 5.74) is 0.165. The van der Waals surface area contributed by atoms with Crippen molar-refractivity contribution in [3.63, 3.8) is 0 Å². The van der Waals surface area contributed by atoms with Crippen LogP contribution in [0.2, 0.25) is 0 Å². The van der Waals surface area contributed by atoms with Gasteiger partial charge < -0.3 is 0 Å². The minimum atomic E-state index is 0.165. The van der Waals surface area contributed by atoms with Crippen LogP contribution in [0.5, 0.6) is 0 Å². The van der Waals surface area contributed by atoms with Crippen LogP contribution in [0.25, 0.3) is 0 Å². The van der Waals surface area contributed by atoms with Crippen molar-refractivity contribution in [1.82, 2.24) is 0 Å². The molecule has 50 valence electrons. The highest BCUT2D eigenvalue weighted by molar-refractivity contribution is 5.88. The van der Waals surface area contributed by atoms with Crippen molar-refractivity contribution < 1.29 is 4.79 Å². The zero-order valence-electron chi connectivity index (χ0n) is 5.81. The van der Waals surface area contributed by atoms with Crippen molar-refractivity contribution in [1.29, 1.82) is 0 Å². The normalized spacial score (nSPS) is 48.6. The summed E-state index contributed by atoms with van der Waals surface area (Å²) in [6, 6.07) is 0. The summed E-state index contributed by atoms with van der Waals surface area (Å²) < 4.78 is 0. The first-order valence-electron chi connectivity index (χ1n) is 3.77. The van der Waals surface area contributed by atoms with Gasteiger partial charge >= 0.3 is 0 Å². The maximum absolute atomic E-state index is 11.2. The van der Waals surface area contributed by atoms with Crippen molar-refractivity contribution in [2.45, 2.75) is 32.6 Å². The minimum Gasteiger partial charge on any atom is -0.299 e. The van der Waals surface area contributed by atoms with Gasteiger partial charge in [0.05, 0.1) is 0 Å². The number of carbonyl (C=O) groups excluding carboxylic acids is 1. The van der Waals surface area contributed by atoms with Crippen LogP contribution >= 0.6 is 0 Å². The van der Waals surface area contributed by atoms with Crippen molar-refractivity contribution >= 4 is 5.78 Å². The predicted molar refractivity (Wildman–Crippen MR) is 35.1 cm³/mol. The van der Waals surface area contributed by atoms with Crippen LogP contribution < -0.4 is 0 Å². The molecule has 2 aliphatic carbocycles. The summed E-state index contributed by atoms with van der Waals surface area (Å²) in [6.45, 7) is 2.12. The van der Waals surface area contributed by atoms with Gasteiger partial charge in [-0.25, -0.2) is 0 Å². The van der Waals surface area contributed by atoms with E-state index >= 15 is 0 Å². The molecule has 0 aromatic rings. The number of ketones is 1. The molecule has 1 heteroatoms. The largest absolute Gasteiger partial charge is 0.299 e. The molecule has 0 heterocycles. The molecule has 2 atom stereocenters. The summed E-state index contributed by atoms with van der Waals surface area (Å²) >= 11 is 0. The molecule has 0 saturated heterocycles. The zero-order chi connectivity index (χ0) is 6.48. The monoisotopic (exact) mass is 124 g/mol. The van der Waals surface area contributed by atoms with Crippen LogP contribution in [0.15, 0.2) is 0 Å². The number of carbonyl (C=O) groups is 1. The van der Waals surface area contributed by atoms with E-state index in [1.807, 2.05) is 0 Å². The Kier molecular flexibility index (Phi) is 0.842. The lowest BCUT2D eigenvalue weighted by molar-refractivity contribution is -0.125. The lowest BCUT2D eigenvalue weighted by Gasteiger charge is -2.14. The van der Waals surface area contributed by atoms with Crippen LogP contribution in [0.3, 0.4) is 0 Å². The van der Waals surface area contributed by atoms with Crippen molar-refractivity contribution in [2.24, 2.45) is 11.3 Å². The Morgan fingerprint density at radius 2 is 2.44 bits per heavy atom. The fourth-order valence-corrected chi connectivity index (χ4v) is 2.01. The van der Waals surface area contributed by atoms with Crippen LogP contribution in [0.4, 0.5) is 0 Å². The quantitative estimate of drug-likeness (QED) is 0.481. The first kappa shape index (κ1) is 5.45. The average molecular weight is 124 g/mol. The average Bonchev–Trinajstić information content (AvgIpc) is 2.44. The van der Waals surface area contributed by atoms with Gasteiger partial charge in [0.25, 0.3) is 0 Å². The Morgan fingerprint density at radius 1 is 1.67 bits per heavy atom. The summed E-state index contributed by atoms with van der Waals surface area (Å²) in [7, 11) is 0. The third-order valence-electron chi connectivity index (χ3n) is 3.00. The standard InChI is InChI=1S/C8H12O/c1-8-5-6(8)3-2-4-7(8)9/h6H,2-5H2,1H3. The Balaban J connectivity index is 2.19. The molecule has 0 spiro atoms. The molecule has 0 aromatic carbocycles. The summed E-state index contributed by atoms with van der Waals surface area (Å²) in [6.07, 6.45) is 4.50. The third-order valence-corrected chi connectivity index (χ3v) is 3.00. The lowest BCUT2D eigenvalue weighted by Crippen LogP contribution is -2.18. The van der Waals surface area contributed by atoms with E-state index in [4.69, 9.17) is 0 Å². The molecule has 0 aliphatic heterocycles. The molecule has 2 saturated carbocycles. The van der Waals surface area contributed by atoms with Crippen LogP contribution in [-0.2, 0) is 4.79 Å². The molecule has 2 rings (SSSR count). The maximum atomic E-state index is 11.2. The van der Waals surface area contributed by atoms with E-state index in [-0.39, 0.29) is 5.41 Å². The number of Topliss-reactive ketones (excluding diaryl/α,β-unsaturated/α-hetero) is 1. The van der Waals surface area contributed by atoms with E-state index < -0.39 is 0 Å². The molecule has 2 aliphatic rings. The molecule has 0 bridgehead atoms. The van der Waals surface area contributed by atoms with E-state index in [9.17, 15) is 4.79 Å². The number of rotatable bonds is 0. The summed E-state index contributed by atoms with van der Waals surface area (Å²) in [5, 5.41) is 0. The number of fused-ring (bicyclic) bond motifs is 1. The molecule has 2 unspecified atom stereocenters. The van der Waals surface area contributed by atoms with Crippen molar-refractivity contribution in [3.8, 4) is 0 Å². The highest BCUT2D eigenvalue weighted by atomic mass is 16.1. The Bertz CT molecular complexity index is 162. The summed E-state index contributed by atoms with van der Waals surface area (Å²) in [4.78, 5) is 11.2. The smallest absolute Gasteiger partial charge is 0.139 e. The highest BCUT2D eigenvalue weighted by Gasteiger charge is 2.56. The van der Waals surface area contributed by atoms with Gasteiger partial charge in [0.15, 0.2) is 0 Å². The van der Waals surface area contributed by atoms with E-state index in [0.717, 1.165) is 18.8 Å². The lowest BCUT2D eigenvalue weighted by atomic mass is 9.89. The van der Waals surface area contributed by atoms with Gasteiger partial charge in [-0.05, 0) is 25.2 Å². The molecular weight excluding hydrogens is 112 g/mol. The van der Waals surface area contributed by atoms with Gasteiger partial charge in [-0.2, -0.15) is 0 Å². The van der Waals surface area contributed by atoms with E-state index in [2.05, 4.69) is 6.92 Å². The number of hydrogen-bond acceptors (Lipinski definition) is 1. The van der Waals surface area contributed by atoms with E-state index in [1.54, 1.807) is 0 Å². The Hall–Kier alpha value is -0.330. The fraction of sp³-hybridized carbons (Fsp3) is 0.875. The third kappa shape index (κ3) is 0.577. The first-order chi connectivity index (χ1) is 4.23. The molecule has 9 heavy (non-hydrogen) atoms. The number of hydrogen-bond donors (Lipinski definition) is 0. The zero-order valence-corrected chi connectivity index (χ0v) is 5.81. The van der Waals surface area contributed by atoms with Gasteiger partial charge in [-0.15, -0.1) is 0 Å². The molecule has 1 nitrogen and oxygen atoms in total. The van der Waals surface area contributed by atoms with E-state index in [0.29, 0.717) is 5.78 Å². The van der Waals surface area contributed by atoms with Gasteiger partial charge in [0, 0.05) is 11.8 Å². The fourth-order valence-electron chi connectivity index (χ4n) is 2.01. The molecule has 0 radical (unpaired) electrons. The highest BCUT2D eigenvalue weighted by Crippen LogP contribution is 2.58. The van der Waals surface area contributed by atoms with Gasteiger partial charge in [-0.1, -0.05) is 6.92 Å². The van der Waals surface area contributed by atoms with E-state index in [1.165, 1.54) is 12.8 Å². The van der Waals surface area contributed by atoms with Gasteiger partial charge in [0.2, 0.25) is 0 Å². The van der Waals surface area contributed by atoms with Gasteiger partial charge in [-0.3, -0.25) is 4.79 Å².